The van der Waals surface area contributed by atoms with Crippen molar-refractivity contribution in [1.29, 1.82) is 0 Å². The van der Waals surface area contributed by atoms with Gasteiger partial charge >= 0.3 is 18.2 Å². The van der Waals surface area contributed by atoms with E-state index in [4.69, 9.17) is 4.74 Å². The van der Waals surface area contributed by atoms with Gasteiger partial charge in [0.1, 0.15) is 22.2 Å². The highest BCUT2D eigenvalue weighted by molar-refractivity contribution is 7.90. The van der Waals surface area contributed by atoms with Gasteiger partial charge in [0.2, 0.25) is 16.0 Å². The molecule has 0 aromatic heterocycles. The second-order valence-electron chi connectivity index (χ2n) is 8.68. The van der Waals surface area contributed by atoms with Crippen LogP contribution in [0.2, 0.25) is 0 Å². The maximum atomic E-state index is 14.8. The van der Waals surface area contributed by atoms with Crippen molar-refractivity contribution in [2.24, 2.45) is 4.99 Å². The molecule has 182 valence electrons. The lowest BCUT2D eigenvalue weighted by molar-refractivity contribution is -0.184. The van der Waals surface area contributed by atoms with Gasteiger partial charge in [-0.05, 0) is 26.8 Å². The van der Waals surface area contributed by atoms with Gasteiger partial charge in [-0.25, -0.2) is 21.9 Å². The topological polar surface area (TPSA) is 108 Å². The van der Waals surface area contributed by atoms with E-state index in [9.17, 15) is 35.6 Å². The Morgan fingerprint density at radius 1 is 1.21 bits per heavy atom. The lowest BCUT2D eigenvalue weighted by Crippen LogP contribution is -2.67. The number of likely N-dealkylation sites (tertiary alicyclic amines) is 1. The zero-order valence-electron chi connectivity index (χ0n) is 18.1. The molecule has 2 atom stereocenters. The van der Waals surface area contributed by atoms with Crippen LogP contribution in [0.4, 0.5) is 22.4 Å². The van der Waals surface area contributed by atoms with Crippen LogP contribution in [0.1, 0.15) is 26.3 Å². The first kappa shape index (κ1) is 24.7. The summed E-state index contributed by atoms with van der Waals surface area (Å²) in [4.78, 5) is 28.1. The van der Waals surface area contributed by atoms with Crippen molar-refractivity contribution < 1.29 is 40.3 Å². The molecule has 14 heteroatoms. The van der Waals surface area contributed by atoms with Gasteiger partial charge in [-0.15, -0.1) is 4.99 Å². The molecule has 2 amide bonds. The van der Waals surface area contributed by atoms with Crippen molar-refractivity contribution >= 4 is 28.0 Å². The largest absolute Gasteiger partial charge is 0.471 e. The number of carbonyl (C=O) groups excluding carboxylic acids is 2. The lowest BCUT2D eigenvalue weighted by atomic mass is 9.88. The number of guanidine groups is 1. The standard InChI is InChI=1S/C19H22F4N4O5S/c1-17(2,3)32-16(29)24-15-25-18(11-7-5-6-8-12(11)20)10-27(14(28)19(21,22)23)9-13(18)33(30,31)26(15)4/h5-8,13H,9-10H2,1-4H3,(H,24,25,29). The van der Waals surface area contributed by atoms with E-state index in [0.717, 1.165) is 13.1 Å². The highest BCUT2D eigenvalue weighted by Gasteiger charge is 2.63. The highest BCUT2D eigenvalue weighted by atomic mass is 32.2. The minimum Gasteiger partial charge on any atom is -0.442 e. The van der Waals surface area contributed by atoms with Crippen molar-refractivity contribution in [3.05, 3.63) is 35.6 Å². The molecule has 2 aliphatic rings. The van der Waals surface area contributed by atoms with Crippen LogP contribution in [-0.4, -0.2) is 72.7 Å². The Kier molecular flexibility index (Phi) is 5.88. The molecule has 0 bridgehead atoms. The van der Waals surface area contributed by atoms with Gasteiger partial charge in [-0.1, -0.05) is 18.2 Å². The van der Waals surface area contributed by atoms with Crippen molar-refractivity contribution in [2.45, 2.75) is 43.3 Å². The summed E-state index contributed by atoms with van der Waals surface area (Å²) in [5.41, 5.74) is -3.30. The SMILES string of the molecule is CN1/C(=N/C(=O)OC(C)(C)C)NC2(c3ccccc3F)CN(C(=O)C(F)(F)F)CC2S1(=O)=O. The Balaban J connectivity index is 2.17. The Bertz CT molecular complexity index is 1120. The van der Waals surface area contributed by atoms with Crippen LogP contribution in [-0.2, 0) is 25.1 Å². The van der Waals surface area contributed by atoms with Gasteiger partial charge in [0.05, 0.1) is 0 Å². The van der Waals surface area contributed by atoms with Crippen LogP contribution in [0.5, 0.6) is 0 Å². The first-order chi connectivity index (χ1) is 15.0. The van der Waals surface area contributed by atoms with Gasteiger partial charge in [0, 0.05) is 25.7 Å². The Hall–Kier alpha value is -2.90. The Labute approximate surface area is 187 Å². The van der Waals surface area contributed by atoms with Gasteiger partial charge < -0.3 is 15.0 Å². The monoisotopic (exact) mass is 494 g/mol. The lowest BCUT2D eigenvalue weighted by Gasteiger charge is -2.44. The van der Waals surface area contributed by atoms with E-state index in [2.05, 4.69) is 10.3 Å². The van der Waals surface area contributed by atoms with E-state index in [1.807, 2.05) is 0 Å². The predicted octanol–water partition coefficient (Wildman–Crippen LogP) is 1.95. The summed E-state index contributed by atoms with van der Waals surface area (Å²) in [5.74, 6) is -3.75. The molecule has 33 heavy (non-hydrogen) atoms. The summed E-state index contributed by atoms with van der Waals surface area (Å²) in [6.07, 6.45) is -6.44. The van der Waals surface area contributed by atoms with Crippen molar-refractivity contribution in [1.82, 2.24) is 14.5 Å². The number of fused-ring (bicyclic) bond motifs is 1. The van der Waals surface area contributed by atoms with Gasteiger partial charge in [-0.3, -0.25) is 4.79 Å². The first-order valence-electron chi connectivity index (χ1n) is 9.68. The predicted molar refractivity (Wildman–Crippen MR) is 108 cm³/mol. The molecular weight excluding hydrogens is 472 g/mol. The van der Waals surface area contributed by atoms with E-state index in [1.165, 1.54) is 18.2 Å². The average Bonchev–Trinajstić information content (AvgIpc) is 3.05. The summed E-state index contributed by atoms with van der Waals surface area (Å²) < 4.78 is 86.4. The van der Waals surface area contributed by atoms with Crippen molar-refractivity contribution in [3.63, 3.8) is 0 Å². The van der Waals surface area contributed by atoms with Gasteiger partial charge in [0.25, 0.3) is 0 Å². The highest BCUT2D eigenvalue weighted by Crippen LogP contribution is 2.42. The fourth-order valence-corrected chi connectivity index (χ4v) is 5.68. The van der Waals surface area contributed by atoms with E-state index < -0.39 is 69.5 Å². The van der Waals surface area contributed by atoms with Crippen LogP contribution < -0.4 is 5.32 Å². The summed E-state index contributed by atoms with van der Waals surface area (Å²) in [6.45, 7) is 2.96. The number of halogens is 4. The number of hydrogen-bond acceptors (Lipinski definition) is 5. The Morgan fingerprint density at radius 2 is 1.82 bits per heavy atom. The van der Waals surface area contributed by atoms with Gasteiger partial charge in [0.15, 0.2) is 0 Å². The molecule has 2 aliphatic heterocycles. The van der Waals surface area contributed by atoms with E-state index in [1.54, 1.807) is 20.8 Å². The molecule has 9 nitrogen and oxygen atoms in total. The molecule has 1 N–H and O–H groups in total. The zero-order valence-corrected chi connectivity index (χ0v) is 18.9. The third-order valence-electron chi connectivity index (χ3n) is 5.23. The molecule has 1 aromatic carbocycles. The Morgan fingerprint density at radius 3 is 2.36 bits per heavy atom. The summed E-state index contributed by atoms with van der Waals surface area (Å²) in [7, 11) is -3.48. The number of alkyl halides is 3. The van der Waals surface area contributed by atoms with Gasteiger partial charge in [-0.2, -0.15) is 13.2 Å². The fraction of sp³-hybridized carbons (Fsp3) is 0.526. The molecule has 2 saturated heterocycles. The summed E-state index contributed by atoms with van der Waals surface area (Å²) >= 11 is 0. The third kappa shape index (κ3) is 4.48. The average molecular weight is 494 g/mol. The number of carbonyl (C=O) groups is 2. The molecule has 0 radical (unpaired) electrons. The zero-order chi connectivity index (χ0) is 25.0. The second kappa shape index (κ2) is 7.85. The number of hydrogen-bond donors (Lipinski definition) is 1. The number of ether oxygens (including phenoxy) is 1. The first-order valence-corrected chi connectivity index (χ1v) is 11.2. The van der Waals surface area contributed by atoms with Crippen molar-refractivity contribution in [3.8, 4) is 0 Å². The number of nitrogens with one attached hydrogen (secondary N) is 1. The third-order valence-corrected chi connectivity index (χ3v) is 7.43. The number of sulfonamides is 1. The number of amides is 2. The molecule has 2 unspecified atom stereocenters. The van der Waals surface area contributed by atoms with E-state index in [0.29, 0.717) is 9.21 Å². The minimum atomic E-state index is -5.27. The van der Waals surface area contributed by atoms with Crippen molar-refractivity contribution in [2.75, 3.05) is 20.1 Å². The number of aliphatic imine (C=N–C) groups is 1. The molecular formula is C19H22F4N4O5S. The van der Waals surface area contributed by atoms with Crippen LogP contribution in [0, 0.1) is 5.82 Å². The molecule has 2 fully saturated rings. The summed E-state index contributed by atoms with van der Waals surface area (Å²) in [5, 5.41) is 0.941. The summed E-state index contributed by atoms with van der Waals surface area (Å²) in [6, 6.07) is 4.89. The normalized spacial score (nSPS) is 26.1. The maximum absolute atomic E-state index is 14.8. The minimum absolute atomic E-state index is 0.291. The van der Waals surface area contributed by atoms with Crippen LogP contribution in [0.3, 0.4) is 0 Å². The maximum Gasteiger partial charge on any atom is 0.471 e. The molecule has 1 aromatic rings. The van der Waals surface area contributed by atoms with Crippen LogP contribution >= 0.6 is 0 Å². The van der Waals surface area contributed by atoms with Crippen LogP contribution in [0.25, 0.3) is 0 Å². The number of nitrogens with zero attached hydrogens (tertiary/aromatic N) is 3. The fourth-order valence-electron chi connectivity index (χ4n) is 3.83. The smallest absolute Gasteiger partial charge is 0.442 e. The molecule has 0 spiro atoms. The molecule has 0 aliphatic carbocycles. The van der Waals surface area contributed by atoms with E-state index >= 15 is 0 Å². The second-order valence-corrected chi connectivity index (χ2v) is 10.8. The van der Waals surface area contributed by atoms with E-state index in [-0.39, 0.29) is 5.56 Å². The number of benzene rings is 1. The molecule has 2 heterocycles. The quantitative estimate of drug-likeness (QED) is 0.598. The molecule has 0 saturated carbocycles. The molecule has 3 rings (SSSR count). The number of rotatable bonds is 1. The van der Waals surface area contributed by atoms with Crippen LogP contribution in [0.15, 0.2) is 29.3 Å².